The van der Waals surface area contributed by atoms with Gasteiger partial charge in [0, 0.05) is 21.5 Å². The highest BCUT2D eigenvalue weighted by Gasteiger charge is 2.12. The fraction of sp³-hybridized carbons (Fsp3) is 0.158. The van der Waals surface area contributed by atoms with Crippen molar-refractivity contribution in [3.05, 3.63) is 423 Å². The van der Waals surface area contributed by atoms with Gasteiger partial charge in [0.05, 0.1) is 0 Å². The average Bonchev–Trinajstić information content (AvgIpc) is 1.70. The van der Waals surface area contributed by atoms with Crippen LogP contribution in [0.4, 0.5) is 0 Å². The zero-order valence-electron chi connectivity index (χ0n) is 69.9. The summed E-state index contributed by atoms with van der Waals surface area (Å²) in [4.78, 5) is 0. The molecule has 0 atom stereocenters. The van der Waals surface area contributed by atoms with Crippen LogP contribution in [-0.4, -0.2) is 0 Å². The summed E-state index contributed by atoms with van der Waals surface area (Å²) in [6.45, 7) is 32.8. The molecule has 590 valence electrons. The zero-order chi connectivity index (χ0) is 81.4. The van der Waals surface area contributed by atoms with Crippen LogP contribution in [0.15, 0.2) is 409 Å². The molecule has 0 saturated heterocycles. The highest BCUT2D eigenvalue weighted by molar-refractivity contribution is 6.20. The van der Waals surface area contributed by atoms with Gasteiger partial charge in [0.1, 0.15) is 22.3 Å². The number of rotatable bonds is 0. The molecule has 0 radical (unpaired) electrons. The minimum Gasteiger partial charge on any atom is -0.456 e. The summed E-state index contributed by atoms with van der Waals surface area (Å²) in [7, 11) is 0. The minimum atomic E-state index is 0. The number of hydrogen-bond donors (Lipinski definition) is 0. The Balaban J connectivity index is 0.000000204. The van der Waals surface area contributed by atoms with Crippen molar-refractivity contribution in [2.24, 2.45) is 0 Å². The maximum atomic E-state index is 5.86. The SMILES string of the molecule is C.C.CC.CC.CC.CC.CC.CC.Cc1c2ccccc2c(C)c2ccccc12.Cc1c2ccccc2c(C)c2ccccc12.c1ccc2c(c1)ccc1oc3ccccc3c12.c1ccc2c(c1)ccc1oc3ccccc3c12.c1ccc2ccccc2c1.c1ccc2ccccc2c1.c1ccc2ccccc2c1.c1ccccc1. The zero-order valence-corrected chi connectivity index (χ0v) is 69.9. The number of hydrogen-bond acceptors (Lipinski definition) is 2. The van der Waals surface area contributed by atoms with E-state index in [2.05, 4.69) is 367 Å². The topological polar surface area (TPSA) is 26.3 Å². The second kappa shape index (κ2) is 49.6. The van der Waals surface area contributed by atoms with Crippen molar-refractivity contribution in [3.63, 3.8) is 0 Å². The van der Waals surface area contributed by atoms with E-state index in [0.29, 0.717) is 0 Å². The number of furan rings is 2. The third kappa shape index (κ3) is 23.2. The van der Waals surface area contributed by atoms with Crippen molar-refractivity contribution in [1.29, 1.82) is 0 Å². The number of aryl methyl sites for hydroxylation is 4. The molecular formula is C114H122O2. The summed E-state index contributed by atoms with van der Waals surface area (Å²) in [5.41, 5.74) is 9.38. The van der Waals surface area contributed by atoms with Crippen LogP contribution in [-0.2, 0) is 0 Å². The first kappa shape index (κ1) is 92.0. The number of fused-ring (bicyclic) bond motifs is 17. The molecule has 0 spiro atoms. The molecule has 0 aliphatic rings. The first-order chi connectivity index (χ1) is 56.3. The van der Waals surface area contributed by atoms with Gasteiger partial charge in [-0.2, -0.15) is 0 Å². The average molecular weight is 1520 g/mol. The maximum absolute atomic E-state index is 5.86. The van der Waals surface area contributed by atoms with Gasteiger partial charge >= 0.3 is 0 Å². The van der Waals surface area contributed by atoms with E-state index in [9.17, 15) is 0 Å². The molecule has 0 unspecified atom stereocenters. The molecule has 19 aromatic carbocycles. The number of benzene rings is 19. The van der Waals surface area contributed by atoms with Gasteiger partial charge in [0.15, 0.2) is 0 Å². The lowest BCUT2D eigenvalue weighted by molar-refractivity contribution is 0.669. The first-order valence-corrected chi connectivity index (χ1v) is 41.0. The van der Waals surface area contributed by atoms with E-state index in [4.69, 9.17) is 8.83 Å². The first-order valence-electron chi connectivity index (χ1n) is 41.0. The lowest BCUT2D eigenvalue weighted by Gasteiger charge is -2.11. The van der Waals surface area contributed by atoms with E-state index in [0.717, 1.165) is 22.3 Å². The van der Waals surface area contributed by atoms with Crippen molar-refractivity contribution in [1.82, 2.24) is 0 Å². The molecule has 2 heterocycles. The molecule has 0 aliphatic heterocycles. The molecule has 0 N–H and O–H groups in total. The Bertz CT molecular complexity index is 5490. The van der Waals surface area contributed by atoms with Crippen LogP contribution in [0, 0.1) is 27.7 Å². The van der Waals surface area contributed by atoms with E-state index in [1.807, 2.05) is 144 Å². The van der Waals surface area contributed by atoms with Gasteiger partial charge < -0.3 is 8.83 Å². The highest BCUT2D eigenvalue weighted by Crippen LogP contribution is 2.37. The molecule has 2 aromatic heterocycles. The second-order valence-electron chi connectivity index (χ2n) is 25.4. The Morgan fingerprint density at radius 3 is 0.466 bits per heavy atom. The van der Waals surface area contributed by atoms with Crippen LogP contribution in [0.2, 0.25) is 0 Å². The summed E-state index contributed by atoms with van der Waals surface area (Å²) in [5.74, 6) is 0. The highest BCUT2D eigenvalue weighted by atomic mass is 16.3. The van der Waals surface area contributed by atoms with Crippen molar-refractivity contribution >= 4 is 141 Å². The summed E-state index contributed by atoms with van der Waals surface area (Å²) in [6.07, 6.45) is 0. The standard InChI is InChI=1S/2C16H10O.2C16H14.3C10H8.C6H6.6C2H6.2CH4/c2*1-2-6-12-11(5-1)9-10-15-16(12)13-7-3-4-8-14(13)17-15;2*1-11-13-7-3-5-9-15(13)12(2)16-10-6-4-8-14(11)16;3*1-2-6-10-8-4-3-7-9(10)5-1;1-2-4-6-5-3-1;6*1-2;;/h2*1-10H;2*3-10H,1-2H3;3*1-8H;1-6H;6*1-2H3;2*1H4. The molecule has 0 saturated carbocycles. The second-order valence-corrected chi connectivity index (χ2v) is 25.4. The van der Waals surface area contributed by atoms with Crippen LogP contribution < -0.4 is 0 Å². The fourth-order valence-electron chi connectivity index (χ4n) is 13.9. The Labute approximate surface area is 693 Å². The van der Waals surface area contributed by atoms with Gasteiger partial charge in [-0.15, -0.1) is 0 Å². The summed E-state index contributed by atoms with van der Waals surface area (Å²) < 4.78 is 11.7. The number of para-hydroxylation sites is 2. The normalized spacial score (nSPS) is 9.76. The van der Waals surface area contributed by atoms with Crippen molar-refractivity contribution in [2.75, 3.05) is 0 Å². The predicted molar refractivity (Wildman–Crippen MR) is 524 cm³/mol. The van der Waals surface area contributed by atoms with Gasteiger partial charge in [-0.3, -0.25) is 0 Å². The van der Waals surface area contributed by atoms with E-state index < -0.39 is 0 Å². The van der Waals surface area contributed by atoms with Crippen molar-refractivity contribution in [3.8, 4) is 0 Å². The van der Waals surface area contributed by atoms with Gasteiger partial charge in [-0.25, -0.2) is 0 Å². The van der Waals surface area contributed by atoms with E-state index in [1.165, 1.54) is 141 Å². The van der Waals surface area contributed by atoms with Crippen LogP contribution in [0.1, 0.15) is 120 Å². The van der Waals surface area contributed by atoms with Gasteiger partial charge in [-0.1, -0.05) is 474 Å². The largest absolute Gasteiger partial charge is 0.456 e. The molecule has 0 aliphatic carbocycles. The van der Waals surface area contributed by atoms with Crippen LogP contribution in [0.25, 0.3) is 141 Å². The summed E-state index contributed by atoms with van der Waals surface area (Å²) in [5, 5.41) is 28.7. The molecule has 21 rings (SSSR count). The molecule has 2 nitrogen and oxygen atoms in total. The Kier molecular flexibility index (Phi) is 39.3. The Morgan fingerprint density at radius 2 is 0.276 bits per heavy atom. The Hall–Kier alpha value is -12.9. The van der Waals surface area contributed by atoms with Gasteiger partial charge in [0.2, 0.25) is 0 Å². The van der Waals surface area contributed by atoms with Crippen molar-refractivity contribution < 1.29 is 8.83 Å². The van der Waals surface area contributed by atoms with Crippen LogP contribution in [0.3, 0.4) is 0 Å². The Morgan fingerprint density at radius 1 is 0.129 bits per heavy atom. The monoisotopic (exact) mass is 1520 g/mol. The van der Waals surface area contributed by atoms with E-state index in [1.54, 1.807) is 0 Å². The maximum Gasteiger partial charge on any atom is 0.136 e. The predicted octanol–water partition coefficient (Wildman–Crippen LogP) is 36.3. The summed E-state index contributed by atoms with van der Waals surface area (Å²) >= 11 is 0. The quantitative estimate of drug-likeness (QED) is 0.141. The molecule has 116 heavy (non-hydrogen) atoms. The molecule has 0 amide bonds. The van der Waals surface area contributed by atoms with Gasteiger partial charge in [-0.05, 0) is 171 Å². The molecular weight excluding hydrogens is 1400 g/mol. The molecule has 0 bridgehead atoms. The molecule has 2 heteroatoms. The molecule has 0 fully saturated rings. The van der Waals surface area contributed by atoms with E-state index >= 15 is 0 Å². The third-order valence-corrected chi connectivity index (χ3v) is 19.1. The summed E-state index contributed by atoms with van der Waals surface area (Å²) in [6, 6.07) is 138. The van der Waals surface area contributed by atoms with Crippen LogP contribution in [0.5, 0.6) is 0 Å². The lowest BCUT2D eigenvalue weighted by atomic mass is 9.93. The van der Waals surface area contributed by atoms with Gasteiger partial charge in [0.25, 0.3) is 0 Å². The third-order valence-electron chi connectivity index (χ3n) is 19.1. The fourth-order valence-corrected chi connectivity index (χ4v) is 13.9. The minimum absolute atomic E-state index is 0. The smallest absolute Gasteiger partial charge is 0.136 e. The lowest BCUT2D eigenvalue weighted by Crippen LogP contribution is -1.87. The van der Waals surface area contributed by atoms with E-state index in [-0.39, 0.29) is 14.9 Å². The molecule has 21 aromatic rings. The van der Waals surface area contributed by atoms with Crippen molar-refractivity contribution in [2.45, 2.75) is 126 Å². The van der Waals surface area contributed by atoms with Crippen LogP contribution >= 0.6 is 0 Å².